The van der Waals surface area contributed by atoms with E-state index in [0.29, 0.717) is 30.9 Å². The molecule has 1 saturated carbocycles. The second-order valence-electron chi connectivity index (χ2n) is 9.06. The molecule has 9 heteroatoms. The van der Waals surface area contributed by atoms with E-state index in [1.165, 1.54) is 47.2 Å². The normalized spacial score (nSPS) is 17.5. The van der Waals surface area contributed by atoms with Crippen LogP contribution in [-0.2, 0) is 22.6 Å². The monoisotopic (exact) mass is 508 g/mol. The van der Waals surface area contributed by atoms with Crippen molar-refractivity contribution in [2.45, 2.75) is 44.4 Å². The van der Waals surface area contributed by atoms with Crippen molar-refractivity contribution < 1.29 is 28.6 Å². The van der Waals surface area contributed by atoms with Gasteiger partial charge in [-0.3, -0.25) is 14.4 Å². The van der Waals surface area contributed by atoms with Gasteiger partial charge in [0.05, 0.1) is 24.3 Å². The fourth-order valence-electron chi connectivity index (χ4n) is 4.36. The first-order valence-electron chi connectivity index (χ1n) is 11.9. The molecular formula is C28H26F2N2O5. The number of aliphatic hydroxyl groups is 2. The zero-order chi connectivity index (χ0) is 26.5. The molecule has 2 unspecified atom stereocenters. The van der Waals surface area contributed by atoms with Gasteiger partial charge in [-0.25, -0.2) is 8.78 Å². The minimum absolute atomic E-state index is 0.142. The van der Waals surface area contributed by atoms with Crippen LogP contribution in [0.2, 0.25) is 0 Å². The molecular weight excluding hydrogens is 482 g/mol. The van der Waals surface area contributed by atoms with Crippen molar-refractivity contribution in [1.82, 2.24) is 9.88 Å². The Kier molecular flexibility index (Phi) is 7.93. The van der Waals surface area contributed by atoms with Gasteiger partial charge in [0.15, 0.2) is 0 Å². The maximum absolute atomic E-state index is 14.3. The first kappa shape index (κ1) is 26.0. The summed E-state index contributed by atoms with van der Waals surface area (Å²) in [6, 6.07) is 12.5. The molecule has 192 valence electrons. The maximum Gasteiger partial charge on any atom is 0.292 e. The number of carbonyl (C=O) groups is 2. The summed E-state index contributed by atoms with van der Waals surface area (Å²) in [6.45, 7) is -0.142. The Hall–Kier alpha value is -4.11. The van der Waals surface area contributed by atoms with Crippen LogP contribution < -0.4 is 10.9 Å². The number of rotatable bonds is 8. The molecule has 0 aliphatic heterocycles. The Bertz CT molecular complexity index is 1400. The zero-order valence-corrected chi connectivity index (χ0v) is 19.9. The van der Waals surface area contributed by atoms with Gasteiger partial charge in [0.25, 0.3) is 11.5 Å². The number of hydrogen-bond donors (Lipinski definition) is 3. The average Bonchev–Trinajstić information content (AvgIpc) is 3.27. The molecule has 2 atom stereocenters. The summed E-state index contributed by atoms with van der Waals surface area (Å²) in [5.74, 6) is -3.73. The molecule has 3 aromatic rings. The molecule has 1 aliphatic rings. The second kappa shape index (κ2) is 11.3. The molecule has 0 saturated heterocycles. The van der Waals surface area contributed by atoms with Crippen LogP contribution in [0, 0.1) is 11.6 Å². The third-order valence-electron chi connectivity index (χ3n) is 6.33. The molecule has 1 heterocycles. The fraction of sp³-hybridized carbons (Fsp3) is 0.250. The smallest absolute Gasteiger partial charge is 0.292 e. The predicted molar refractivity (Wildman–Crippen MR) is 133 cm³/mol. The summed E-state index contributed by atoms with van der Waals surface area (Å²) in [5.41, 5.74) is 0.543. The highest BCUT2D eigenvalue weighted by atomic mass is 19.1. The van der Waals surface area contributed by atoms with Gasteiger partial charge in [0.1, 0.15) is 17.4 Å². The Morgan fingerprint density at radius 1 is 1.05 bits per heavy atom. The minimum atomic E-state index is -1.08. The average molecular weight is 509 g/mol. The van der Waals surface area contributed by atoms with Crippen molar-refractivity contribution in [2.24, 2.45) is 0 Å². The number of benzene rings is 2. The van der Waals surface area contributed by atoms with Crippen molar-refractivity contribution in [1.29, 1.82) is 0 Å². The third kappa shape index (κ3) is 6.37. The number of amides is 1. The fourth-order valence-corrected chi connectivity index (χ4v) is 4.36. The number of carbonyl (C=O) groups excluding carboxylic acids is 2. The number of aromatic nitrogens is 1. The minimum Gasteiger partial charge on any atom is -0.507 e. The Balaban J connectivity index is 1.66. The van der Waals surface area contributed by atoms with E-state index in [1.807, 2.05) is 0 Å². The van der Waals surface area contributed by atoms with E-state index in [2.05, 4.69) is 5.32 Å². The number of halogens is 2. The second-order valence-corrected chi connectivity index (χ2v) is 9.06. The van der Waals surface area contributed by atoms with Gasteiger partial charge in [-0.2, -0.15) is 0 Å². The standard InChI is InChI=1S/C28H26F2N2O5/c29-20-10-8-17(9-11-20)12-18-13-21(28(37)32(15-18)16-19-4-1-2-5-22(19)30)25(34)14-26(35)27(36)31-23-6-3-7-24(23)33/h1-2,4-5,8-11,13-15,23-24,33-34H,3,6-7,12,16H2,(H,31,36). The lowest BCUT2D eigenvalue weighted by Gasteiger charge is -2.15. The quantitative estimate of drug-likeness (QED) is 0.246. The lowest BCUT2D eigenvalue weighted by atomic mass is 10.0. The lowest BCUT2D eigenvalue weighted by Crippen LogP contribution is -2.42. The SMILES string of the molecule is O=C(C=C(O)c1cc(Cc2ccc(F)cc2)cn(Cc2ccccc2F)c1=O)C(=O)NC1CCCC1O. The molecule has 1 aliphatic carbocycles. The van der Waals surface area contributed by atoms with Crippen molar-refractivity contribution in [3.8, 4) is 0 Å². The molecule has 7 nitrogen and oxygen atoms in total. The van der Waals surface area contributed by atoms with Crippen molar-refractivity contribution >= 4 is 17.4 Å². The van der Waals surface area contributed by atoms with E-state index in [-0.39, 0.29) is 24.1 Å². The van der Waals surface area contributed by atoms with Crippen LogP contribution in [-0.4, -0.2) is 38.6 Å². The Morgan fingerprint density at radius 3 is 2.46 bits per heavy atom. The largest absolute Gasteiger partial charge is 0.507 e. The number of nitrogens with zero attached hydrogens (tertiary/aromatic N) is 1. The first-order chi connectivity index (χ1) is 17.7. The van der Waals surface area contributed by atoms with E-state index >= 15 is 0 Å². The lowest BCUT2D eigenvalue weighted by molar-refractivity contribution is -0.136. The van der Waals surface area contributed by atoms with Gasteiger partial charge in [0.2, 0.25) is 5.78 Å². The Morgan fingerprint density at radius 2 is 1.78 bits per heavy atom. The molecule has 2 aromatic carbocycles. The van der Waals surface area contributed by atoms with Crippen molar-refractivity contribution in [3.05, 3.63) is 111 Å². The molecule has 0 spiro atoms. The number of nitrogens with one attached hydrogen (secondary N) is 1. The van der Waals surface area contributed by atoms with Gasteiger partial charge in [-0.15, -0.1) is 0 Å². The van der Waals surface area contributed by atoms with Crippen molar-refractivity contribution in [2.75, 3.05) is 0 Å². The van der Waals surface area contributed by atoms with Crippen LogP contribution in [0.1, 0.15) is 41.5 Å². The van der Waals surface area contributed by atoms with E-state index in [1.54, 1.807) is 18.2 Å². The molecule has 3 N–H and O–H groups in total. The van der Waals surface area contributed by atoms with Crippen LogP contribution >= 0.6 is 0 Å². The van der Waals surface area contributed by atoms with Crippen molar-refractivity contribution in [3.63, 3.8) is 0 Å². The highest BCUT2D eigenvalue weighted by Gasteiger charge is 2.28. The first-order valence-corrected chi connectivity index (χ1v) is 11.9. The summed E-state index contributed by atoms with van der Waals surface area (Å²) in [4.78, 5) is 37.9. The number of aliphatic hydroxyl groups excluding tert-OH is 2. The molecule has 1 fully saturated rings. The van der Waals surface area contributed by atoms with Crippen LogP contribution in [0.25, 0.3) is 5.76 Å². The third-order valence-corrected chi connectivity index (χ3v) is 6.33. The number of pyridine rings is 1. The topological polar surface area (TPSA) is 109 Å². The molecule has 37 heavy (non-hydrogen) atoms. The van der Waals surface area contributed by atoms with Gasteiger partial charge in [0, 0.05) is 17.8 Å². The zero-order valence-electron chi connectivity index (χ0n) is 19.9. The molecule has 1 amide bonds. The van der Waals surface area contributed by atoms with Crippen LogP contribution in [0.5, 0.6) is 0 Å². The van der Waals surface area contributed by atoms with Gasteiger partial charge in [-0.1, -0.05) is 30.3 Å². The summed E-state index contributed by atoms with van der Waals surface area (Å²) >= 11 is 0. The highest BCUT2D eigenvalue weighted by molar-refractivity contribution is 6.41. The van der Waals surface area contributed by atoms with E-state index in [9.17, 15) is 33.4 Å². The number of hydrogen-bond acceptors (Lipinski definition) is 5. The van der Waals surface area contributed by atoms with E-state index in [0.717, 1.165) is 5.56 Å². The summed E-state index contributed by atoms with van der Waals surface area (Å²) in [6.07, 6.45) is 3.43. The van der Waals surface area contributed by atoms with Gasteiger partial charge < -0.3 is 20.1 Å². The summed E-state index contributed by atoms with van der Waals surface area (Å²) < 4.78 is 28.8. The number of ketones is 1. The van der Waals surface area contributed by atoms with Crippen LogP contribution in [0.4, 0.5) is 8.78 Å². The van der Waals surface area contributed by atoms with E-state index < -0.39 is 46.8 Å². The Labute approximate surface area is 211 Å². The maximum atomic E-state index is 14.3. The highest BCUT2D eigenvalue weighted by Crippen LogP contribution is 2.19. The van der Waals surface area contributed by atoms with Crippen LogP contribution in [0.3, 0.4) is 0 Å². The van der Waals surface area contributed by atoms with Gasteiger partial charge >= 0.3 is 0 Å². The molecule has 1 aromatic heterocycles. The van der Waals surface area contributed by atoms with Crippen LogP contribution in [0.15, 0.2) is 71.7 Å². The van der Waals surface area contributed by atoms with Gasteiger partial charge in [-0.05, 0) is 61.1 Å². The molecule has 4 rings (SSSR count). The molecule has 0 radical (unpaired) electrons. The molecule has 0 bridgehead atoms. The summed E-state index contributed by atoms with van der Waals surface area (Å²) in [7, 11) is 0. The van der Waals surface area contributed by atoms with E-state index in [4.69, 9.17) is 0 Å². The predicted octanol–water partition coefficient (Wildman–Crippen LogP) is 3.26. The summed E-state index contributed by atoms with van der Waals surface area (Å²) in [5, 5.41) is 23.0.